The van der Waals surface area contributed by atoms with Crippen LogP contribution in [0.3, 0.4) is 0 Å². The van der Waals surface area contributed by atoms with Gasteiger partial charge in [-0.15, -0.1) is 0 Å². The van der Waals surface area contributed by atoms with Gasteiger partial charge in [0.2, 0.25) is 0 Å². The third kappa shape index (κ3) is 2.31. The van der Waals surface area contributed by atoms with Crippen molar-refractivity contribution in [2.45, 2.75) is 25.8 Å². The molecule has 1 aromatic carbocycles. The number of aryl methyl sites for hydroxylation is 1. The van der Waals surface area contributed by atoms with Crippen molar-refractivity contribution in [2.24, 2.45) is 0 Å². The molecule has 1 amide bonds. The summed E-state index contributed by atoms with van der Waals surface area (Å²) in [6.45, 7) is 2.64. The van der Waals surface area contributed by atoms with E-state index in [1.165, 1.54) is 0 Å². The van der Waals surface area contributed by atoms with E-state index in [1.807, 2.05) is 36.1 Å². The monoisotopic (exact) mass is 289 g/mol. The van der Waals surface area contributed by atoms with E-state index in [9.17, 15) is 4.79 Å². The average Bonchev–Trinajstić information content (AvgIpc) is 3.06. The van der Waals surface area contributed by atoms with Crippen molar-refractivity contribution in [1.82, 2.24) is 15.1 Å². The van der Waals surface area contributed by atoms with Crippen LogP contribution in [-0.2, 0) is 0 Å². The lowest BCUT2D eigenvalue weighted by atomic mass is 10.0. The zero-order chi connectivity index (χ0) is 14.1. The van der Waals surface area contributed by atoms with Crippen molar-refractivity contribution in [2.75, 3.05) is 6.54 Å². The second-order valence-corrected chi connectivity index (χ2v) is 5.56. The van der Waals surface area contributed by atoms with Gasteiger partial charge in [-0.05, 0) is 37.5 Å². The molecule has 5 heteroatoms. The summed E-state index contributed by atoms with van der Waals surface area (Å²) in [7, 11) is 0. The third-order valence-corrected chi connectivity index (χ3v) is 4.04. The summed E-state index contributed by atoms with van der Waals surface area (Å²) in [6.07, 6.45) is 3.59. The average molecular weight is 290 g/mol. The standard InChI is InChI=1S/C15H16ClN3O/c1-10-13(9-17-18-10)15(20)19-7-3-6-14(19)11-4-2-5-12(16)8-11/h2,4-5,8-9,14H,3,6-7H2,1H3,(H,17,18). The summed E-state index contributed by atoms with van der Waals surface area (Å²) >= 11 is 6.06. The number of benzene rings is 1. The Morgan fingerprint density at radius 3 is 3.05 bits per heavy atom. The normalized spacial score (nSPS) is 18.5. The van der Waals surface area contributed by atoms with Gasteiger partial charge in [0.05, 0.1) is 17.8 Å². The maximum absolute atomic E-state index is 12.6. The highest BCUT2D eigenvalue weighted by Gasteiger charge is 2.31. The number of halogens is 1. The molecule has 4 nitrogen and oxygen atoms in total. The van der Waals surface area contributed by atoms with E-state index in [1.54, 1.807) is 6.20 Å². The molecule has 1 aliphatic heterocycles. The molecule has 0 radical (unpaired) electrons. The van der Waals surface area contributed by atoms with Crippen LogP contribution in [0.1, 0.15) is 40.5 Å². The number of nitrogens with one attached hydrogen (secondary N) is 1. The van der Waals surface area contributed by atoms with Crippen LogP contribution in [-0.4, -0.2) is 27.5 Å². The summed E-state index contributed by atoms with van der Waals surface area (Å²) < 4.78 is 0. The van der Waals surface area contributed by atoms with Crippen molar-refractivity contribution in [1.29, 1.82) is 0 Å². The Morgan fingerprint density at radius 1 is 1.50 bits per heavy atom. The van der Waals surface area contributed by atoms with E-state index in [-0.39, 0.29) is 11.9 Å². The molecule has 0 saturated carbocycles. The molecule has 104 valence electrons. The summed E-state index contributed by atoms with van der Waals surface area (Å²) in [6, 6.07) is 7.87. The van der Waals surface area contributed by atoms with Gasteiger partial charge in [-0.1, -0.05) is 23.7 Å². The van der Waals surface area contributed by atoms with Gasteiger partial charge in [0.1, 0.15) is 0 Å². The molecule has 2 heterocycles. The van der Waals surface area contributed by atoms with Gasteiger partial charge in [0.15, 0.2) is 0 Å². The summed E-state index contributed by atoms with van der Waals surface area (Å²) in [4.78, 5) is 14.6. The van der Waals surface area contributed by atoms with Gasteiger partial charge in [0.25, 0.3) is 5.91 Å². The Labute approximate surface area is 122 Å². The molecule has 1 unspecified atom stereocenters. The molecule has 0 aliphatic carbocycles. The summed E-state index contributed by atoms with van der Waals surface area (Å²) in [5.41, 5.74) is 2.56. The van der Waals surface area contributed by atoms with E-state index in [0.29, 0.717) is 10.6 Å². The van der Waals surface area contributed by atoms with Crippen molar-refractivity contribution in [3.8, 4) is 0 Å². The molecule has 2 aromatic rings. The van der Waals surface area contributed by atoms with E-state index < -0.39 is 0 Å². The lowest BCUT2D eigenvalue weighted by Crippen LogP contribution is -2.30. The van der Waals surface area contributed by atoms with Crippen molar-refractivity contribution in [3.05, 3.63) is 52.3 Å². The van der Waals surface area contributed by atoms with Gasteiger partial charge in [-0.3, -0.25) is 9.89 Å². The largest absolute Gasteiger partial charge is 0.331 e. The highest BCUT2D eigenvalue weighted by molar-refractivity contribution is 6.30. The van der Waals surface area contributed by atoms with Crippen molar-refractivity contribution >= 4 is 17.5 Å². The predicted molar refractivity (Wildman–Crippen MR) is 77.8 cm³/mol. The molecule has 1 atom stereocenters. The van der Waals surface area contributed by atoms with Gasteiger partial charge in [0, 0.05) is 17.3 Å². The van der Waals surface area contributed by atoms with Crippen molar-refractivity contribution < 1.29 is 4.79 Å². The zero-order valence-electron chi connectivity index (χ0n) is 11.3. The maximum Gasteiger partial charge on any atom is 0.257 e. The molecule has 0 spiro atoms. The quantitative estimate of drug-likeness (QED) is 0.922. The van der Waals surface area contributed by atoms with Crippen LogP contribution in [0.4, 0.5) is 0 Å². The molecule has 20 heavy (non-hydrogen) atoms. The highest BCUT2D eigenvalue weighted by Crippen LogP contribution is 2.34. The smallest absolute Gasteiger partial charge is 0.257 e. The van der Waals surface area contributed by atoms with E-state index in [4.69, 9.17) is 11.6 Å². The molecule has 0 bridgehead atoms. The fraction of sp³-hybridized carbons (Fsp3) is 0.333. The van der Waals surface area contributed by atoms with Crippen LogP contribution in [0, 0.1) is 6.92 Å². The first kappa shape index (κ1) is 13.2. The number of hydrogen-bond donors (Lipinski definition) is 1. The molecule has 1 N–H and O–H groups in total. The molecule has 1 saturated heterocycles. The van der Waals surface area contributed by atoms with E-state index in [2.05, 4.69) is 10.2 Å². The molecule has 1 aromatic heterocycles. The lowest BCUT2D eigenvalue weighted by Gasteiger charge is -2.25. The number of carbonyl (C=O) groups excluding carboxylic acids is 1. The number of aromatic amines is 1. The second-order valence-electron chi connectivity index (χ2n) is 5.12. The number of aromatic nitrogens is 2. The van der Waals surface area contributed by atoms with Gasteiger partial charge < -0.3 is 4.90 Å². The van der Waals surface area contributed by atoms with Crippen LogP contribution < -0.4 is 0 Å². The Balaban J connectivity index is 1.90. The Kier molecular flexibility index (Phi) is 3.49. The van der Waals surface area contributed by atoms with Crippen LogP contribution in [0.5, 0.6) is 0 Å². The SMILES string of the molecule is Cc1[nH]ncc1C(=O)N1CCCC1c1cccc(Cl)c1. The number of carbonyl (C=O) groups is 1. The van der Waals surface area contributed by atoms with Crippen LogP contribution >= 0.6 is 11.6 Å². The first-order valence-electron chi connectivity index (χ1n) is 6.73. The van der Waals surface area contributed by atoms with Crippen LogP contribution in [0.15, 0.2) is 30.5 Å². The molecular formula is C15H16ClN3O. The minimum absolute atomic E-state index is 0.0405. The number of hydrogen-bond acceptors (Lipinski definition) is 2. The second kappa shape index (κ2) is 5.29. The predicted octanol–water partition coefficient (Wildman–Crippen LogP) is 3.35. The maximum atomic E-state index is 12.6. The molecular weight excluding hydrogens is 274 g/mol. The molecule has 1 aliphatic rings. The topological polar surface area (TPSA) is 49.0 Å². The number of rotatable bonds is 2. The number of amides is 1. The first-order chi connectivity index (χ1) is 9.66. The lowest BCUT2D eigenvalue weighted by molar-refractivity contribution is 0.0735. The van der Waals surface area contributed by atoms with Crippen LogP contribution in [0.2, 0.25) is 5.02 Å². The number of likely N-dealkylation sites (tertiary alicyclic amines) is 1. The minimum atomic E-state index is 0.0405. The highest BCUT2D eigenvalue weighted by atomic mass is 35.5. The molecule has 1 fully saturated rings. The summed E-state index contributed by atoms with van der Waals surface area (Å²) in [5, 5.41) is 7.46. The third-order valence-electron chi connectivity index (χ3n) is 3.81. The van der Waals surface area contributed by atoms with E-state index in [0.717, 1.165) is 30.6 Å². The number of nitrogens with zero attached hydrogens (tertiary/aromatic N) is 2. The fourth-order valence-corrected chi connectivity index (χ4v) is 2.99. The van der Waals surface area contributed by atoms with Gasteiger partial charge in [-0.25, -0.2) is 0 Å². The number of H-pyrrole nitrogens is 1. The summed E-state index contributed by atoms with van der Waals surface area (Å²) in [5.74, 6) is 0.0405. The van der Waals surface area contributed by atoms with Crippen LogP contribution in [0.25, 0.3) is 0 Å². The Morgan fingerprint density at radius 2 is 2.35 bits per heavy atom. The van der Waals surface area contributed by atoms with Gasteiger partial charge >= 0.3 is 0 Å². The fourth-order valence-electron chi connectivity index (χ4n) is 2.79. The zero-order valence-corrected chi connectivity index (χ0v) is 12.0. The molecule has 3 rings (SSSR count). The van der Waals surface area contributed by atoms with E-state index >= 15 is 0 Å². The van der Waals surface area contributed by atoms with Gasteiger partial charge in [-0.2, -0.15) is 5.10 Å². The minimum Gasteiger partial charge on any atom is -0.331 e. The Bertz CT molecular complexity index is 638. The van der Waals surface area contributed by atoms with Crippen molar-refractivity contribution in [3.63, 3.8) is 0 Å². The first-order valence-corrected chi connectivity index (χ1v) is 7.11. The Hall–Kier alpha value is -1.81.